The SMILES string of the molecule is O=C(O)C[C@H]1CCO[C@H]1n1c(-c2ccco2)nc2c(Cl)nc(I)nc21. The van der Waals surface area contributed by atoms with Gasteiger partial charge in [-0.15, -0.1) is 0 Å². The van der Waals surface area contributed by atoms with Crippen LogP contribution in [0, 0.1) is 9.75 Å². The van der Waals surface area contributed by atoms with Crippen molar-refractivity contribution in [3.05, 3.63) is 27.4 Å². The summed E-state index contributed by atoms with van der Waals surface area (Å²) in [5, 5.41) is 9.43. The second-order valence-corrected chi connectivity index (χ2v) is 6.97. The van der Waals surface area contributed by atoms with Crippen molar-refractivity contribution in [3.63, 3.8) is 0 Å². The van der Waals surface area contributed by atoms with E-state index in [2.05, 4.69) is 15.0 Å². The smallest absolute Gasteiger partial charge is 0.303 e. The van der Waals surface area contributed by atoms with Crippen molar-refractivity contribution in [1.82, 2.24) is 19.5 Å². The summed E-state index contributed by atoms with van der Waals surface area (Å²) in [5.74, 6) is -0.0594. The van der Waals surface area contributed by atoms with Crippen LogP contribution in [0.4, 0.5) is 0 Å². The average molecular weight is 475 g/mol. The minimum atomic E-state index is -0.869. The van der Waals surface area contributed by atoms with Gasteiger partial charge in [0.25, 0.3) is 0 Å². The molecule has 0 saturated carbocycles. The lowest BCUT2D eigenvalue weighted by atomic mass is 10.0. The van der Waals surface area contributed by atoms with E-state index < -0.39 is 12.2 Å². The molecule has 1 saturated heterocycles. The number of imidazole rings is 1. The lowest BCUT2D eigenvalue weighted by Gasteiger charge is -2.20. The van der Waals surface area contributed by atoms with E-state index >= 15 is 0 Å². The zero-order valence-corrected chi connectivity index (χ0v) is 15.6. The molecule has 0 radical (unpaired) electrons. The van der Waals surface area contributed by atoms with Gasteiger partial charge in [-0.2, -0.15) is 0 Å². The van der Waals surface area contributed by atoms with Crippen LogP contribution in [0.5, 0.6) is 0 Å². The summed E-state index contributed by atoms with van der Waals surface area (Å²) >= 11 is 8.21. The van der Waals surface area contributed by atoms with Gasteiger partial charge < -0.3 is 14.3 Å². The number of aromatic nitrogens is 4. The molecular weight excluding hydrogens is 463 g/mol. The average Bonchev–Trinajstić information content (AvgIpc) is 3.24. The quantitative estimate of drug-likeness (QED) is 0.351. The number of hydrogen-bond acceptors (Lipinski definition) is 6. The topological polar surface area (TPSA) is 103 Å². The van der Waals surface area contributed by atoms with Crippen molar-refractivity contribution in [2.45, 2.75) is 19.1 Å². The zero-order chi connectivity index (χ0) is 17.6. The third kappa shape index (κ3) is 3.00. The molecule has 10 heteroatoms. The number of carboxylic acid groups (broad SMARTS) is 1. The number of aliphatic carboxylic acids is 1. The normalized spacial score (nSPS) is 20.4. The van der Waals surface area contributed by atoms with Gasteiger partial charge in [0.05, 0.1) is 12.7 Å². The summed E-state index contributed by atoms with van der Waals surface area (Å²) in [6.45, 7) is 0.468. The minimum absolute atomic E-state index is 0.00214. The van der Waals surface area contributed by atoms with Crippen LogP contribution in [-0.4, -0.2) is 37.2 Å². The highest BCUT2D eigenvalue weighted by Crippen LogP contribution is 2.39. The second-order valence-electron chi connectivity index (χ2n) is 5.65. The van der Waals surface area contributed by atoms with E-state index in [-0.39, 0.29) is 17.5 Å². The highest BCUT2D eigenvalue weighted by molar-refractivity contribution is 14.1. The van der Waals surface area contributed by atoms with Crippen LogP contribution in [0.1, 0.15) is 19.1 Å². The molecule has 0 unspecified atom stereocenters. The number of fused-ring (bicyclic) bond motifs is 1. The lowest BCUT2D eigenvalue weighted by Crippen LogP contribution is -2.19. The van der Waals surface area contributed by atoms with Gasteiger partial charge in [0.2, 0.25) is 0 Å². The maximum absolute atomic E-state index is 11.2. The van der Waals surface area contributed by atoms with E-state index in [0.29, 0.717) is 39.6 Å². The fourth-order valence-electron chi connectivity index (χ4n) is 3.07. The van der Waals surface area contributed by atoms with Gasteiger partial charge in [0, 0.05) is 35.1 Å². The molecule has 4 heterocycles. The van der Waals surface area contributed by atoms with E-state index in [4.69, 9.17) is 20.8 Å². The Hall–Kier alpha value is -1.72. The van der Waals surface area contributed by atoms with Crippen molar-refractivity contribution in [3.8, 4) is 11.6 Å². The van der Waals surface area contributed by atoms with Crippen LogP contribution in [-0.2, 0) is 9.53 Å². The largest absolute Gasteiger partial charge is 0.481 e. The standard InChI is InChI=1S/C15H12ClIN4O4/c16-11-10-13(20-15(17)19-11)21(12(18-10)8-2-1-4-24-8)14-7(3-5-25-14)6-9(22)23/h1-2,4,7,14H,3,5-6H2,(H,22,23)/t7-,14-/m1/s1. The Kier molecular flexibility index (Phi) is 4.38. The van der Waals surface area contributed by atoms with E-state index in [1.165, 1.54) is 0 Å². The molecule has 25 heavy (non-hydrogen) atoms. The molecule has 1 fully saturated rings. The predicted octanol–water partition coefficient (Wildman–Crippen LogP) is 3.35. The van der Waals surface area contributed by atoms with Gasteiger partial charge in [0.15, 0.2) is 26.2 Å². The van der Waals surface area contributed by atoms with Crippen molar-refractivity contribution in [1.29, 1.82) is 0 Å². The van der Waals surface area contributed by atoms with Crippen LogP contribution in [0.2, 0.25) is 5.15 Å². The van der Waals surface area contributed by atoms with E-state index in [0.717, 1.165) is 0 Å². The first-order valence-corrected chi connectivity index (χ1v) is 8.98. The molecule has 130 valence electrons. The number of carboxylic acids is 1. The van der Waals surface area contributed by atoms with Crippen molar-refractivity contribution < 1.29 is 19.1 Å². The fourth-order valence-corrected chi connectivity index (χ4v) is 3.89. The van der Waals surface area contributed by atoms with Crippen LogP contribution in [0.15, 0.2) is 22.8 Å². The number of furan rings is 1. The van der Waals surface area contributed by atoms with Crippen molar-refractivity contribution in [2.24, 2.45) is 5.92 Å². The summed E-state index contributed by atoms with van der Waals surface area (Å²) in [6.07, 6.45) is 1.67. The molecule has 1 N–H and O–H groups in total. The first kappa shape index (κ1) is 16.7. The molecule has 3 aromatic rings. The summed E-state index contributed by atoms with van der Waals surface area (Å²) in [5.41, 5.74) is 0.927. The van der Waals surface area contributed by atoms with E-state index in [9.17, 15) is 9.90 Å². The van der Waals surface area contributed by atoms with Gasteiger partial charge in [-0.25, -0.2) is 15.0 Å². The Morgan fingerprint density at radius 3 is 3.00 bits per heavy atom. The minimum Gasteiger partial charge on any atom is -0.481 e. The lowest BCUT2D eigenvalue weighted by molar-refractivity contribution is -0.139. The van der Waals surface area contributed by atoms with Crippen LogP contribution >= 0.6 is 34.2 Å². The van der Waals surface area contributed by atoms with Gasteiger partial charge in [-0.05, 0) is 18.6 Å². The Labute approximate surface area is 160 Å². The highest BCUT2D eigenvalue weighted by atomic mass is 127. The third-order valence-electron chi connectivity index (χ3n) is 4.08. The van der Waals surface area contributed by atoms with Gasteiger partial charge in [-0.3, -0.25) is 9.36 Å². The number of ether oxygens (including phenoxy) is 1. The molecule has 0 amide bonds. The molecule has 2 atom stereocenters. The number of hydrogen-bond donors (Lipinski definition) is 1. The maximum atomic E-state index is 11.2. The fraction of sp³-hybridized carbons (Fsp3) is 0.333. The predicted molar refractivity (Wildman–Crippen MR) is 96.1 cm³/mol. The molecule has 4 rings (SSSR count). The summed E-state index contributed by atoms with van der Waals surface area (Å²) < 4.78 is 13.6. The maximum Gasteiger partial charge on any atom is 0.303 e. The van der Waals surface area contributed by atoms with E-state index in [1.54, 1.807) is 23.0 Å². The Balaban J connectivity index is 1.94. The molecule has 0 aromatic carbocycles. The summed E-state index contributed by atoms with van der Waals surface area (Å²) in [4.78, 5) is 24.3. The van der Waals surface area contributed by atoms with Crippen molar-refractivity contribution in [2.75, 3.05) is 6.61 Å². The van der Waals surface area contributed by atoms with Gasteiger partial charge in [0.1, 0.15) is 11.7 Å². The van der Waals surface area contributed by atoms with E-state index in [1.807, 2.05) is 22.6 Å². The van der Waals surface area contributed by atoms with Gasteiger partial charge in [-0.1, -0.05) is 11.6 Å². The van der Waals surface area contributed by atoms with Crippen LogP contribution in [0.25, 0.3) is 22.7 Å². The number of carbonyl (C=O) groups is 1. The number of nitrogens with zero attached hydrogens (tertiary/aromatic N) is 4. The highest BCUT2D eigenvalue weighted by Gasteiger charge is 2.35. The molecule has 1 aliphatic heterocycles. The summed E-state index contributed by atoms with van der Waals surface area (Å²) in [6, 6.07) is 3.52. The molecule has 1 aliphatic rings. The second kappa shape index (κ2) is 6.54. The Morgan fingerprint density at radius 1 is 1.44 bits per heavy atom. The van der Waals surface area contributed by atoms with Crippen LogP contribution in [0.3, 0.4) is 0 Å². The van der Waals surface area contributed by atoms with Crippen LogP contribution < -0.4 is 0 Å². The molecule has 0 aliphatic carbocycles. The Bertz CT molecular complexity index is 943. The van der Waals surface area contributed by atoms with Crippen molar-refractivity contribution >= 4 is 51.3 Å². The first-order valence-electron chi connectivity index (χ1n) is 7.53. The number of halogens is 2. The monoisotopic (exact) mass is 474 g/mol. The molecule has 8 nitrogen and oxygen atoms in total. The molecule has 0 bridgehead atoms. The molecular formula is C15H12ClIN4O4. The first-order chi connectivity index (χ1) is 12.0. The molecule has 3 aromatic heterocycles. The number of rotatable bonds is 4. The van der Waals surface area contributed by atoms with Gasteiger partial charge >= 0.3 is 5.97 Å². The molecule has 0 spiro atoms. The summed E-state index contributed by atoms with van der Waals surface area (Å²) in [7, 11) is 0. The Morgan fingerprint density at radius 2 is 2.28 bits per heavy atom. The zero-order valence-electron chi connectivity index (χ0n) is 12.7. The third-order valence-corrected chi connectivity index (χ3v) is 4.83.